The Bertz CT molecular complexity index is 845. The van der Waals surface area contributed by atoms with E-state index in [4.69, 9.17) is 5.11 Å². The van der Waals surface area contributed by atoms with Crippen molar-refractivity contribution in [2.75, 3.05) is 5.32 Å². The van der Waals surface area contributed by atoms with Gasteiger partial charge in [0.25, 0.3) is 0 Å². The van der Waals surface area contributed by atoms with Crippen LogP contribution in [0, 0.1) is 17.6 Å². The lowest BCUT2D eigenvalue weighted by Crippen LogP contribution is -2.30. The van der Waals surface area contributed by atoms with Gasteiger partial charge < -0.3 is 10.4 Å². The van der Waals surface area contributed by atoms with Gasteiger partial charge in [0, 0.05) is 12.0 Å². The van der Waals surface area contributed by atoms with Gasteiger partial charge >= 0.3 is 5.97 Å². The van der Waals surface area contributed by atoms with Gasteiger partial charge in [-0.05, 0) is 41.7 Å². The van der Waals surface area contributed by atoms with Gasteiger partial charge in [-0.1, -0.05) is 24.3 Å². The first-order valence-electron chi connectivity index (χ1n) is 7.80. The lowest BCUT2D eigenvalue weighted by Gasteiger charge is -2.37. The van der Waals surface area contributed by atoms with E-state index in [1.54, 1.807) is 24.3 Å². The molecular weight excluding hydrogens is 312 g/mol. The number of benzene rings is 2. The Balaban J connectivity index is 1.76. The van der Waals surface area contributed by atoms with Crippen LogP contribution in [0.5, 0.6) is 0 Å². The largest absolute Gasteiger partial charge is 0.478 e. The zero-order chi connectivity index (χ0) is 16.8. The van der Waals surface area contributed by atoms with Crippen LogP contribution in [-0.4, -0.2) is 11.1 Å². The van der Waals surface area contributed by atoms with Crippen LogP contribution in [0.3, 0.4) is 0 Å². The smallest absolute Gasteiger partial charge is 0.335 e. The minimum Gasteiger partial charge on any atom is -0.478 e. The first-order chi connectivity index (χ1) is 11.5. The zero-order valence-electron chi connectivity index (χ0n) is 12.7. The van der Waals surface area contributed by atoms with Crippen LogP contribution in [0.4, 0.5) is 14.5 Å². The van der Waals surface area contributed by atoms with Crippen LogP contribution >= 0.6 is 0 Å². The number of aromatic carboxylic acids is 1. The number of hydrogen-bond donors (Lipinski definition) is 2. The molecule has 0 radical (unpaired) electrons. The van der Waals surface area contributed by atoms with Gasteiger partial charge in [-0.25, -0.2) is 13.6 Å². The SMILES string of the molecule is O=C(O)c1ccc([C@@H]2Nc3c(F)cc(F)cc3[C@H]3C=CC[C@H]32)cc1. The van der Waals surface area contributed by atoms with Gasteiger partial charge in [0.05, 0.1) is 17.3 Å². The summed E-state index contributed by atoms with van der Waals surface area (Å²) in [5.74, 6) is -2.05. The Morgan fingerprint density at radius 1 is 1.17 bits per heavy atom. The number of carboxylic acids is 1. The van der Waals surface area contributed by atoms with E-state index >= 15 is 0 Å². The van der Waals surface area contributed by atoms with E-state index in [2.05, 4.69) is 5.32 Å². The van der Waals surface area contributed by atoms with E-state index in [0.29, 0.717) is 11.3 Å². The summed E-state index contributed by atoms with van der Waals surface area (Å²) in [6.45, 7) is 0. The molecule has 0 fully saturated rings. The summed E-state index contributed by atoms with van der Waals surface area (Å²) >= 11 is 0. The van der Waals surface area contributed by atoms with E-state index in [1.807, 2.05) is 12.2 Å². The molecule has 0 bridgehead atoms. The summed E-state index contributed by atoms with van der Waals surface area (Å²) in [6, 6.07) is 8.73. The second-order valence-corrected chi connectivity index (χ2v) is 6.25. The standard InChI is InChI=1S/C19H15F2NO2/c20-12-8-15-13-2-1-3-14(13)17(22-18(15)16(21)9-12)10-4-6-11(7-5-10)19(23)24/h1-2,4-9,13-14,17,22H,3H2,(H,23,24)/t13-,14+,17-/m0/s1. The molecule has 0 aromatic heterocycles. The number of nitrogens with one attached hydrogen (secondary N) is 1. The quantitative estimate of drug-likeness (QED) is 0.799. The summed E-state index contributed by atoms with van der Waals surface area (Å²) in [5.41, 5.74) is 2.08. The fourth-order valence-corrected chi connectivity index (χ4v) is 3.78. The normalized spacial score (nSPS) is 24.2. The predicted molar refractivity (Wildman–Crippen MR) is 86.1 cm³/mol. The third-order valence-corrected chi connectivity index (χ3v) is 4.90. The average Bonchev–Trinajstić information content (AvgIpc) is 3.04. The van der Waals surface area contributed by atoms with Crippen LogP contribution in [0.2, 0.25) is 0 Å². The molecule has 24 heavy (non-hydrogen) atoms. The monoisotopic (exact) mass is 327 g/mol. The number of halogens is 2. The highest BCUT2D eigenvalue weighted by Gasteiger charge is 2.39. The van der Waals surface area contributed by atoms with E-state index in [0.717, 1.165) is 18.1 Å². The van der Waals surface area contributed by atoms with E-state index in [-0.39, 0.29) is 23.4 Å². The van der Waals surface area contributed by atoms with E-state index in [9.17, 15) is 13.6 Å². The summed E-state index contributed by atoms with van der Waals surface area (Å²) in [5, 5.41) is 12.2. The molecule has 4 rings (SSSR count). The number of hydrogen-bond acceptors (Lipinski definition) is 2. The van der Waals surface area contributed by atoms with Crippen LogP contribution in [-0.2, 0) is 0 Å². The lowest BCUT2D eigenvalue weighted by molar-refractivity contribution is 0.0697. The number of fused-ring (bicyclic) bond motifs is 3. The van der Waals surface area contributed by atoms with Crippen molar-refractivity contribution in [2.24, 2.45) is 5.92 Å². The Hall–Kier alpha value is -2.69. The van der Waals surface area contributed by atoms with Crippen LogP contribution in [0.1, 0.15) is 39.9 Å². The molecular formula is C19H15F2NO2. The molecule has 0 saturated heterocycles. The summed E-state index contributed by atoms with van der Waals surface area (Å²) in [6.07, 6.45) is 4.84. The van der Waals surface area contributed by atoms with Crippen LogP contribution < -0.4 is 5.32 Å². The highest BCUT2D eigenvalue weighted by molar-refractivity contribution is 5.87. The predicted octanol–water partition coefficient (Wildman–Crippen LogP) is 4.49. The molecule has 3 nitrogen and oxygen atoms in total. The maximum atomic E-state index is 14.2. The second-order valence-electron chi connectivity index (χ2n) is 6.25. The van der Waals surface area contributed by atoms with Gasteiger partial charge in [-0.3, -0.25) is 0 Å². The fraction of sp³-hybridized carbons (Fsp3) is 0.211. The van der Waals surface area contributed by atoms with Crippen molar-refractivity contribution in [1.29, 1.82) is 0 Å². The minimum absolute atomic E-state index is 0.0457. The van der Waals surface area contributed by atoms with Gasteiger partial charge in [-0.15, -0.1) is 0 Å². The van der Waals surface area contributed by atoms with Gasteiger partial charge in [-0.2, -0.15) is 0 Å². The zero-order valence-corrected chi connectivity index (χ0v) is 12.7. The minimum atomic E-state index is -0.981. The van der Waals surface area contributed by atoms with Crippen molar-refractivity contribution in [3.63, 3.8) is 0 Å². The Kier molecular flexibility index (Phi) is 3.37. The molecule has 0 unspecified atom stereocenters. The maximum absolute atomic E-state index is 14.2. The molecule has 2 aliphatic rings. The number of anilines is 1. The van der Waals surface area contributed by atoms with Crippen LogP contribution in [0.15, 0.2) is 48.6 Å². The molecule has 2 N–H and O–H groups in total. The fourth-order valence-electron chi connectivity index (χ4n) is 3.78. The highest BCUT2D eigenvalue weighted by atomic mass is 19.1. The lowest BCUT2D eigenvalue weighted by atomic mass is 9.77. The molecule has 5 heteroatoms. The molecule has 2 aromatic rings. The van der Waals surface area contributed by atoms with Crippen molar-refractivity contribution in [2.45, 2.75) is 18.4 Å². The molecule has 1 aliphatic heterocycles. The highest BCUT2D eigenvalue weighted by Crippen LogP contribution is 2.50. The number of allylic oxidation sites excluding steroid dienone is 2. The molecule has 122 valence electrons. The summed E-state index contributed by atoms with van der Waals surface area (Å²) in [7, 11) is 0. The third-order valence-electron chi connectivity index (χ3n) is 4.90. The topological polar surface area (TPSA) is 49.3 Å². The number of rotatable bonds is 2. The molecule has 1 heterocycles. The molecule has 2 aromatic carbocycles. The van der Waals surface area contributed by atoms with Crippen molar-refractivity contribution >= 4 is 11.7 Å². The molecule has 1 aliphatic carbocycles. The Morgan fingerprint density at radius 2 is 1.92 bits per heavy atom. The molecule has 0 spiro atoms. The van der Waals surface area contributed by atoms with E-state index < -0.39 is 17.6 Å². The first kappa shape index (κ1) is 14.9. The number of carboxylic acid groups (broad SMARTS) is 1. The van der Waals surface area contributed by atoms with Crippen LogP contribution in [0.25, 0.3) is 0 Å². The maximum Gasteiger partial charge on any atom is 0.335 e. The van der Waals surface area contributed by atoms with Crippen molar-refractivity contribution in [3.05, 3.63) is 76.9 Å². The molecule has 3 atom stereocenters. The Morgan fingerprint density at radius 3 is 2.62 bits per heavy atom. The van der Waals surface area contributed by atoms with Crippen molar-refractivity contribution < 1.29 is 18.7 Å². The summed E-state index contributed by atoms with van der Waals surface area (Å²) < 4.78 is 27.8. The Labute approximate surface area is 137 Å². The van der Waals surface area contributed by atoms with Gasteiger partial charge in [0.1, 0.15) is 11.6 Å². The van der Waals surface area contributed by atoms with Gasteiger partial charge in [0.15, 0.2) is 0 Å². The third kappa shape index (κ3) is 2.28. The average molecular weight is 327 g/mol. The van der Waals surface area contributed by atoms with E-state index in [1.165, 1.54) is 6.07 Å². The first-order valence-corrected chi connectivity index (χ1v) is 7.80. The number of carbonyl (C=O) groups is 1. The van der Waals surface area contributed by atoms with Gasteiger partial charge in [0.2, 0.25) is 0 Å². The summed E-state index contributed by atoms with van der Waals surface area (Å²) in [4.78, 5) is 11.0. The van der Waals surface area contributed by atoms with Crippen molar-refractivity contribution in [1.82, 2.24) is 0 Å². The molecule has 0 amide bonds. The van der Waals surface area contributed by atoms with Crippen molar-refractivity contribution in [3.8, 4) is 0 Å². The molecule has 0 saturated carbocycles. The second kappa shape index (κ2) is 5.44.